The Hall–Kier alpha value is -0.370. The normalized spacial score (nSPS) is 11.2. The summed E-state index contributed by atoms with van der Waals surface area (Å²) in [6, 6.07) is 1.61. The van der Waals surface area contributed by atoms with Gasteiger partial charge in [-0.05, 0) is 28.7 Å². The second kappa shape index (κ2) is 3.56. The second-order valence-corrected chi connectivity index (χ2v) is 5.14. The highest BCUT2D eigenvalue weighted by Gasteiger charge is 2.03. The fraction of sp³-hybridized carbons (Fsp3) is 0.167. The number of anilines is 1. The van der Waals surface area contributed by atoms with E-state index in [2.05, 4.69) is 9.71 Å². The van der Waals surface area contributed by atoms with Gasteiger partial charge in [0.15, 0.2) is 0 Å². The summed E-state index contributed by atoms with van der Waals surface area (Å²) in [5, 5.41) is 0. The highest BCUT2D eigenvalue weighted by Crippen LogP contribution is 2.16. The van der Waals surface area contributed by atoms with Gasteiger partial charge in [-0.25, -0.2) is 8.42 Å². The Balaban J connectivity index is 2.98. The number of hydrogen-bond donors (Lipinski definition) is 1. The maximum Gasteiger partial charge on any atom is 0.229 e. The molecule has 0 unspecified atom stereocenters. The highest BCUT2D eigenvalue weighted by atomic mass is 127. The van der Waals surface area contributed by atoms with Crippen molar-refractivity contribution in [1.29, 1.82) is 0 Å². The minimum absolute atomic E-state index is 0.563. The third kappa shape index (κ3) is 2.94. The number of pyridine rings is 1. The number of aromatic nitrogens is 1. The molecule has 0 amide bonds. The molecule has 0 saturated carbocycles. The molecular formula is C6H7IN2O2S. The van der Waals surface area contributed by atoms with Crippen LogP contribution in [0.5, 0.6) is 0 Å². The van der Waals surface area contributed by atoms with Crippen molar-refractivity contribution >= 4 is 38.3 Å². The van der Waals surface area contributed by atoms with E-state index in [-0.39, 0.29) is 0 Å². The number of hydrogen-bond acceptors (Lipinski definition) is 3. The summed E-state index contributed by atoms with van der Waals surface area (Å²) in [4.78, 5) is 3.83. The Morgan fingerprint density at radius 1 is 1.58 bits per heavy atom. The molecule has 1 aromatic heterocycles. The average Bonchev–Trinajstić information content (AvgIpc) is 1.91. The van der Waals surface area contributed by atoms with E-state index in [1.807, 2.05) is 22.6 Å². The second-order valence-electron chi connectivity index (χ2n) is 2.23. The lowest BCUT2D eigenvalue weighted by molar-refractivity contribution is 0.607. The summed E-state index contributed by atoms with van der Waals surface area (Å²) in [6.07, 6.45) is 4.24. The van der Waals surface area contributed by atoms with Crippen molar-refractivity contribution in [2.75, 3.05) is 11.0 Å². The molecular weight excluding hydrogens is 291 g/mol. The van der Waals surface area contributed by atoms with Crippen molar-refractivity contribution < 1.29 is 8.42 Å². The van der Waals surface area contributed by atoms with E-state index >= 15 is 0 Å². The van der Waals surface area contributed by atoms with Crippen LogP contribution >= 0.6 is 22.6 Å². The molecule has 0 aromatic carbocycles. The van der Waals surface area contributed by atoms with Crippen molar-refractivity contribution in [3.8, 4) is 0 Å². The van der Waals surface area contributed by atoms with Gasteiger partial charge in [0, 0.05) is 12.4 Å². The third-order valence-electron chi connectivity index (χ3n) is 1.07. The SMILES string of the molecule is CS(=O)(=O)Nc1ccncc1I. The standard InChI is InChI=1S/C6H7IN2O2S/c1-12(10,11)9-6-2-3-8-4-5(6)7/h2-4H,1H3,(H,8,9). The van der Waals surface area contributed by atoms with Crippen molar-refractivity contribution in [2.45, 2.75) is 0 Å². The number of nitrogens with one attached hydrogen (secondary N) is 1. The van der Waals surface area contributed by atoms with E-state index in [9.17, 15) is 8.42 Å². The Morgan fingerprint density at radius 3 is 2.75 bits per heavy atom. The molecule has 12 heavy (non-hydrogen) atoms. The predicted octanol–water partition coefficient (Wildman–Crippen LogP) is 1.06. The summed E-state index contributed by atoms with van der Waals surface area (Å²) in [5.74, 6) is 0. The maximum atomic E-state index is 10.8. The molecule has 1 rings (SSSR count). The van der Waals surface area contributed by atoms with Crippen molar-refractivity contribution in [1.82, 2.24) is 4.98 Å². The Kier molecular flexibility index (Phi) is 2.89. The summed E-state index contributed by atoms with van der Waals surface area (Å²) < 4.78 is 24.8. The molecule has 1 heterocycles. The minimum Gasteiger partial charge on any atom is -0.283 e. The number of halogens is 1. The fourth-order valence-corrected chi connectivity index (χ4v) is 1.89. The zero-order valence-electron chi connectivity index (χ0n) is 6.28. The molecule has 0 fully saturated rings. The number of nitrogens with zero attached hydrogens (tertiary/aromatic N) is 1. The van der Waals surface area contributed by atoms with Gasteiger partial charge in [0.1, 0.15) is 0 Å². The first-order chi connectivity index (χ1) is 5.49. The van der Waals surface area contributed by atoms with Crippen molar-refractivity contribution in [2.24, 2.45) is 0 Å². The van der Waals surface area contributed by atoms with E-state index in [1.54, 1.807) is 12.3 Å². The van der Waals surface area contributed by atoms with Crippen LogP contribution in [0.4, 0.5) is 5.69 Å². The molecule has 6 heteroatoms. The van der Waals surface area contributed by atoms with Gasteiger partial charge in [-0.3, -0.25) is 9.71 Å². The first kappa shape index (κ1) is 9.72. The van der Waals surface area contributed by atoms with Gasteiger partial charge in [-0.1, -0.05) is 0 Å². The first-order valence-corrected chi connectivity index (χ1v) is 6.03. The molecule has 0 aliphatic rings. The van der Waals surface area contributed by atoms with E-state index in [0.717, 1.165) is 9.83 Å². The Labute approximate surface area is 84.6 Å². The van der Waals surface area contributed by atoms with Gasteiger partial charge in [0.05, 0.1) is 15.5 Å². The van der Waals surface area contributed by atoms with Crippen LogP contribution in [-0.4, -0.2) is 19.7 Å². The molecule has 1 N–H and O–H groups in total. The van der Waals surface area contributed by atoms with Gasteiger partial charge in [0.2, 0.25) is 10.0 Å². The van der Waals surface area contributed by atoms with Crippen LogP contribution in [0.2, 0.25) is 0 Å². The van der Waals surface area contributed by atoms with Gasteiger partial charge in [-0.15, -0.1) is 0 Å². The number of rotatable bonds is 2. The molecule has 66 valence electrons. The first-order valence-electron chi connectivity index (χ1n) is 3.06. The maximum absolute atomic E-state index is 10.8. The van der Waals surface area contributed by atoms with Crippen LogP contribution < -0.4 is 4.72 Å². The monoisotopic (exact) mass is 298 g/mol. The molecule has 0 spiro atoms. The molecule has 0 saturated heterocycles. The molecule has 0 bridgehead atoms. The molecule has 0 radical (unpaired) electrons. The van der Waals surface area contributed by atoms with Crippen LogP contribution in [0.25, 0.3) is 0 Å². The minimum atomic E-state index is -3.18. The van der Waals surface area contributed by atoms with E-state index < -0.39 is 10.0 Å². The summed E-state index contributed by atoms with van der Waals surface area (Å²) >= 11 is 2.01. The van der Waals surface area contributed by atoms with Crippen LogP contribution in [0.15, 0.2) is 18.5 Å². The fourth-order valence-electron chi connectivity index (χ4n) is 0.658. The highest BCUT2D eigenvalue weighted by molar-refractivity contribution is 14.1. The van der Waals surface area contributed by atoms with E-state index in [0.29, 0.717) is 5.69 Å². The smallest absolute Gasteiger partial charge is 0.229 e. The molecule has 1 aromatic rings. The number of sulfonamides is 1. The molecule has 4 nitrogen and oxygen atoms in total. The predicted molar refractivity (Wildman–Crippen MR) is 55.4 cm³/mol. The Bertz CT molecular complexity index is 377. The van der Waals surface area contributed by atoms with Gasteiger partial charge < -0.3 is 0 Å². The lowest BCUT2D eigenvalue weighted by Crippen LogP contribution is -2.10. The quantitative estimate of drug-likeness (QED) is 0.831. The van der Waals surface area contributed by atoms with E-state index in [1.165, 1.54) is 6.20 Å². The summed E-state index contributed by atoms with van der Waals surface area (Å²) in [7, 11) is -3.18. The van der Waals surface area contributed by atoms with Crippen LogP contribution in [0.3, 0.4) is 0 Å². The van der Waals surface area contributed by atoms with Gasteiger partial charge >= 0.3 is 0 Å². The largest absolute Gasteiger partial charge is 0.283 e. The zero-order valence-corrected chi connectivity index (χ0v) is 9.26. The molecule has 0 atom stereocenters. The summed E-state index contributed by atoms with van der Waals surface area (Å²) in [5.41, 5.74) is 0.563. The van der Waals surface area contributed by atoms with Crippen LogP contribution in [-0.2, 0) is 10.0 Å². The molecule has 0 aliphatic carbocycles. The summed E-state index contributed by atoms with van der Waals surface area (Å²) in [6.45, 7) is 0. The average molecular weight is 298 g/mol. The van der Waals surface area contributed by atoms with Crippen LogP contribution in [0.1, 0.15) is 0 Å². The van der Waals surface area contributed by atoms with Crippen molar-refractivity contribution in [3.05, 3.63) is 22.0 Å². The van der Waals surface area contributed by atoms with E-state index in [4.69, 9.17) is 0 Å². The Morgan fingerprint density at radius 2 is 2.25 bits per heavy atom. The lowest BCUT2D eigenvalue weighted by Gasteiger charge is -2.04. The zero-order chi connectivity index (χ0) is 9.19. The molecule has 0 aliphatic heterocycles. The lowest BCUT2D eigenvalue weighted by atomic mass is 10.4. The van der Waals surface area contributed by atoms with Crippen LogP contribution in [0, 0.1) is 3.57 Å². The van der Waals surface area contributed by atoms with Gasteiger partial charge in [-0.2, -0.15) is 0 Å². The van der Waals surface area contributed by atoms with Gasteiger partial charge in [0.25, 0.3) is 0 Å². The third-order valence-corrected chi connectivity index (χ3v) is 2.52. The topological polar surface area (TPSA) is 59.1 Å². The van der Waals surface area contributed by atoms with Crippen molar-refractivity contribution in [3.63, 3.8) is 0 Å².